The number of likely N-dealkylation sites (tertiary alicyclic amines) is 1. The molecule has 3 aliphatic rings. The van der Waals surface area contributed by atoms with Gasteiger partial charge < -0.3 is 19.7 Å². The predicted molar refractivity (Wildman–Crippen MR) is 152 cm³/mol. The molecule has 1 aromatic heterocycles. The number of fused-ring (bicyclic) bond motifs is 1. The highest BCUT2D eigenvalue weighted by molar-refractivity contribution is 5.71. The zero-order chi connectivity index (χ0) is 28.7. The highest BCUT2D eigenvalue weighted by Crippen LogP contribution is 2.49. The molecule has 2 fully saturated rings. The van der Waals surface area contributed by atoms with Crippen molar-refractivity contribution in [3.63, 3.8) is 0 Å². The monoisotopic (exact) mass is 560 g/mol. The lowest BCUT2D eigenvalue weighted by atomic mass is 9.90. The third kappa shape index (κ3) is 5.43. The standard InChI is InChI=1S/C33H37FN2O5/c1-20(32(38)39)31(37)23-6-5-21-8-10-28(41-29(21)16-23)22-7-9-25(26-17-30(40-2)35-18-27(26)34)24(15-22)19-36-14-4-3-11-33(36)12-13-33/h5-7,9,15-18,20,28,31,37H,3-4,8,10-14,19H2,1-2H3,(H,38,39)/t20-,28?,31+/m0/s1. The molecule has 1 spiro atoms. The zero-order valence-electron chi connectivity index (χ0n) is 23.6. The van der Waals surface area contributed by atoms with Crippen LogP contribution in [0.1, 0.15) is 79.9 Å². The number of rotatable bonds is 8. The van der Waals surface area contributed by atoms with Crippen molar-refractivity contribution in [2.75, 3.05) is 13.7 Å². The number of nitrogens with zero attached hydrogens (tertiary/aromatic N) is 2. The number of aromatic nitrogens is 1. The molecule has 3 atom stereocenters. The van der Waals surface area contributed by atoms with Crippen molar-refractivity contribution < 1.29 is 28.9 Å². The molecular weight excluding hydrogens is 523 g/mol. The van der Waals surface area contributed by atoms with Crippen molar-refractivity contribution in [1.82, 2.24) is 9.88 Å². The Balaban J connectivity index is 1.33. The zero-order valence-corrected chi connectivity index (χ0v) is 23.6. The number of pyridine rings is 1. The summed E-state index contributed by atoms with van der Waals surface area (Å²) < 4.78 is 26.9. The van der Waals surface area contributed by atoms with Gasteiger partial charge in [0.15, 0.2) is 0 Å². The van der Waals surface area contributed by atoms with Gasteiger partial charge in [0.05, 0.1) is 25.3 Å². The van der Waals surface area contributed by atoms with E-state index in [2.05, 4.69) is 16.0 Å². The fourth-order valence-corrected chi connectivity index (χ4v) is 6.49. The maximum atomic E-state index is 15.1. The van der Waals surface area contributed by atoms with E-state index in [0.29, 0.717) is 22.8 Å². The quantitative estimate of drug-likeness (QED) is 0.337. The van der Waals surface area contributed by atoms with E-state index in [-0.39, 0.29) is 17.5 Å². The molecule has 1 aliphatic carbocycles. The van der Waals surface area contributed by atoms with Crippen molar-refractivity contribution >= 4 is 5.97 Å². The van der Waals surface area contributed by atoms with Crippen LogP contribution < -0.4 is 9.47 Å². The number of aliphatic carboxylic acids is 1. The lowest BCUT2D eigenvalue weighted by Gasteiger charge is -2.37. The fraction of sp³-hybridized carbons (Fsp3) is 0.455. The van der Waals surface area contributed by atoms with Crippen LogP contribution in [-0.2, 0) is 17.8 Å². The second kappa shape index (κ2) is 11.1. The number of hydrogen-bond acceptors (Lipinski definition) is 6. The summed E-state index contributed by atoms with van der Waals surface area (Å²) >= 11 is 0. The van der Waals surface area contributed by atoms with Crippen LogP contribution in [0.4, 0.5) is 4.39 Å². The normalized spacial score (nSPS) is 21.0. The molecule has 2 aromatic carbocycles. The number of aliphatic hydroxyl groups excluding tert-OH is 1. The highest BCUT2D eigenvalue weighted by Gasteiger charge is 2.48. The van der Waals surface area contributed by atoms with Crippen LogP contribution in [0.15, 0.2) is 48.7 Å². The number of aliphatic hydroxyl groups is 1. The van der Waals surface area contributed by atoms with Crippen LogP contribution in [0.3, 0.4) is 0 Å². The smallest absolute Gasteiger partial charge is 0.309 e. The molecule has 6 rings (SSSR count). The molecule has 1 saturated heterocycles. The number of halogens is 1. The summed E-state index contributed by atoms with van der Waals surface area (Å²) in [4.78, 5) is 18.0. The lowest BCUT2D eigenvalue weighted by Crippen LogP contribution is -2.40. The summed E-state index contributed by atoms with van der Waals surface area (Å²) in [5, 5.41) is 19.9. The molecule has 3 aromatic rings. The largest absolute Gasteiger partial charge is 0.485 e. The van der Waals surface area contributed by atoms with Gasteiger partial charge in [-0.1, -0.05) is 36.8 Å². The third-order valence-corrected chi connectivity index (χ3v) is 9.25. The molecule has 216 valence electrons. The molecule has 2 N–H and O–H groups in total. The number of carboxylic acids is 1. The minimum Gasteiger partial charge on any atom is -0.485 e. The first-order valence-electron chi connectivity index (χ1n) is 14.6. The van der Waals surface area contributed by atoms with Crippen molar-refractivity contribution in [2.45, 2.75) is 76.2 Å². The molecule has 0 radical (unpaired) electrons. The number of aryl methyl sites for hydroxylation is 1. The van der Waals surface area contributed by atoms with E-state index < -0.39 is 18.0 Å². The second-order valence-electron chi connectivity index (χ2n) is 11.8. The molecule has 3 heterocycles. The van der Waals surface area contributed by atoms with Crippen LogP contribution in [0.2, 0.25) is 0 Å². The van der Waals surface area contributed by atoms with Gasteiger partial charge in [-0.25, -0.2) is 9.37 Å². The Labute approximate surface area is 239 Å². The van der Waals surface area contributed by atoms with Crippen molar-refractivity contribution in [3.05, 3.63) is 76.7 Å². The van der Waals surface area contributed by atoms with Gasteiger partial charge in [0.2, 0.25) is 5.88 Å². The SMILES string of the molecule is COc1cc(-c2ccc(C3CCc4ccc([C@H](O)[C@H](C)C(=O)O)cc4O3)cc2CN2CCCCC23CC3)c(F)cn1. The number of methoxy groups -OCH3 is 1. The summed E-state index contributed by atoms with van der Waals surface area (Å²) in [6.45, 7) is 3.27. The minimum absolute atomic E-state index is 0.215. The van der Waals surface area contributed by atoms with E-state index in [1.807, 2.05) is 18.2 Å². The first-order valence-corrected chi connectivity index (χ1v) is 14.6. The van der Waals surface area contributed by atoms with E-state index >= 15 is 4.39 Å². The van der Waals surface area contributed by atoms with E-state index in [1.54, 1.807) is 18.2 Å². The topological polar surface area (TPSA) is 92.1 Å². The van der Waals surface area contributed by atoms with Crippen LogP contribution in [0.25, 0.3) is 11.1 Å². The van der Waals surface area contributed by atoms with Crippen molar-refractivity contribution in [3.8, 4) is 22.8 Å². The van der Waals surface area contributed by atoms with Crippen LogP contribution in [0, 0.1) is 11.7 Å². The second-order valence-corrected chi connectivity index (χ2v) is 11.8. The Bertz CT molecular complexity index is 1460. The number of piperidine rings is 1. The Kier molecular flexibility index (Phi) is 7.47. The van der Waals surface area contributed by atoms with Gasteiger partial charge in [0.1, 0.15) is 17.7 Å². The Morgan fingerprint density at radius 2 is 2.00 bits per heavy atom. The van der Waals surface area contributed by atoms with Gasteiger partial charge in [-0.05, 0) is 85.9 Å². The molecule has 0 amide bonds. The van der Waals surface area contributed by atoms with Crippen LogP contribution >= 0.6 is 0 Å². The van der Waals surface area contributed by atoms with Crippen molar-refractivity contribution in [1.29, 1.82) is 0 Å². The van der Waals surface area contributed by atoms with Gasteiger partial charge in [0, 0.05) is 23.7 Å². The number of hydrogen-bond donors (Lipinski definition) is 2. The lowest BCUT2D eigenvalue weighted by molar-refractivity contribution is -0.145. The van der Waals surface area contributed by atoms with Gasteiger partial charge in [0.25, 0.3) is 0 Å². The molecular formula is C33H37FN2O5. The fourth-order valence-electron chi connectivity index (χ4n) is 6.49. The Hall–Kier alpha value is -3.49. The predicted octanol–water partition coefficient (Wildman–Crippen LogP) is 6.24. The van der Waals surface area contributed by atoms with E-state index in [9.17, 15) is 15.0 Å². The summed E-state index contributed by atoms with van der Waals surface area (Å²) in [6.07, 6.45) is 7.55. The average Bonchev–Trinajstić information content (AvgIpc) is 3.77. The van der Waals surface area contributed by atoms with Gasteiger partial charge in [-0.15, -0.1) is 0 Å². The van der Waals surface area contributed by atoms with Gasteiger partial charge in [-0.2, -0.15) is 0 Å². The van der Waals surface area contributed by atoms with Crippen molar-refractivity contribution in [2.24, 2.45) is 5.92 Å². The maximum absolute atomic E-state index is 15.1. The van der Waals surface area contributed by atoms with E-state index in [1.165, 1.54) is 52.3 Å². The molecule has 8 heteroatoms. The Morgan fingerprint density at radius 3 is 2.76 bits per heavy atom. The molecule has 1 unspecified atom stereocenters. The number of ether oxygens (including phenoxy) is 2. The average molecular weight is 561 g/mol. The van der Waals surface area contributed by atoms with Gasteiger partial charge >= 0.3 is 5.97 Å². The maximum Gasteiger partial charge on any atom is 0.309 e. The Morgan fingerprint density at radius 1 is 1.17 bits per heavy atom. The molecule has 7 nitrogen and oxygen atoms in total. The van der Waals surface area contributed by atoms with Gasteiger partial charge in [-0.3, -0.25) is 9.69 Å². The first kappa shape index (κ1) is 27.7. The molecule has 1 saturated carbocycles. The summed E-state index contributed by atoms with van der Waals surface area (Å²) in [6, 6.07) is 13.3. The summed E-state index contributed by atoms with van der Waals surface area (Å²) in [5.41, 5.74) is 5.22. The molecule has 0 bridgehead atoms. The summed E-state index contributed by atoms with van der Waals surface area (Å²) in [5.74, 6) is -1.33. The number of carbonyl (C=O) groups is 1. The summed E-state index contributed by atoms with van der Waals surface area (Å²) in [7, 11) is 1.53. The van der Waals surface area contributed by atoms with Crippen LogP contribution in [-0.4, -0.2) is 45.3 Å². The minimum atomic E-state index is -1.13. The third-order valence-electron chi connectivity index (χ3n) is 9.25. The van der Waals surface area contributed by atoms with Crippen LogP contribution in [0.5, 0.6) is 11.6 Å². The molecule has 2 aliphatic heterocycles. The first-order chi connectivity index (χ1) is 19.8. The number of carboxylic acid groups (broad SMARTS) is 1. The van der Waals surface area contributed by atoms with E-state index in [4.69, 9.17) is 9.47 Å². The highest BCUT2D eigenvalue weighted by atomic mass is 19.1. The molecule has 41 heavy (non-hydrogen) atoms. The number of benzene rings is 2. The van der Waals surface area contributed by atoms with E-state index in [0.717, 1.165) is 48.2 Å².